The average Bonchev–Trinajstić information content (AvgIpc) is 2.42. The molecule has 1 aromatic heterocycles. The predicted octanol–water partition coefficient (Wildman–Crippen LogP) is 4.26. The number of ether oxygens (including phenoxy) is 1. The smallest absolute Gasteiger partial charge is 0.162 e. The van der Waals surface area contributed by atoms with Crippen LogP contribution >= 0.6 is 27.5 Å². The van der Waals surface area contributed by atoms with Crippen LogP contribution in [0.15, 0.2) is 4.47 Å². The van der Waals surface area contributed by atoms with Crippen LogP contribution in [0.3, 0.4) is 0 Å². The van der Waals surface area contributed by atoms with Gasteiger partial charge in [-0.15, -0.1) is 0 Å². The third-order valence-corrected chi connectivity index (χ3v) is 5.01. The van der Waals surface area contributed by atoms with Crippen molar-refractivity contribution in [2.45, 2.75) is 51.0 Å². The third-order valence-electron chi connectivity index (χ3n) is 3.67. The van der Waals surface area contributed by atoms with Crippen LogP contribution in [-0.2, 0) is 16.8 Å². The van der Waals surface area contributed by atoms with Crippen LogP contribution in [-0.4, -0.2) is 17.1 Å². The second-order valence-corrected chi connectivity index (χ2v) is 5.86. The number of aromatic nitrogens is 2. The monoisotopic (exact) mass is 332 g/mol. The molecule has 0 unspecified atom stereocenters. The zero-order valence-corrected chi connectivity index (χ0v) is 13.1. The molecule has 1 heterocycles. The van der Waals surface area contributed by atoms with E-state index in [0.29, 0.717) is 5.15 Å². The zero-order valence-electron chi connectivity index (χ0n) is 10.8. The fourth-order valence-corrected chi connectivity index (χ4v) is 3.19. The fourth-order valence-electron chi connectivity index (χ4n) is 2.54. The summed E-state index contributed by atoms with van der Waals surface area (Å²) < 4.78 is 6.56. The molecule has 1 fully saturated rings. The Morgan fingerprint density at radius 2 is 1.94 bits per heavy atom. The Balaban J connectivity index is 2.45. The van der Waals surface area contributed by atoms with Crippen LogP contribution in [0.4, 0.5) is 0 Å². The lowest BCUT2D eigenvalue weighted by atomic mass is 9.84. The lowest BCUT2D eigenvalue weighted by Crippen LogP contribution is -2.33. The highest BCUT2D eigenvalue weighted by molar-refractivity contribution is 9.10. The van der Waals surface area contributed by atoms with Crippen LogP contribution < -0.4 is 0 Å². The average molecular weight is 334 g/mol. The molecule has 5 heteroatoms. The van der Waals surface area contributed by atoms with Crippen molar-refractivity contribution in [2.75, 3.05) is 7.11 Å². The Bertz CT molecular complexity index is 433. The molecular weight excluding hydrogens is 316 g/mol. The van der Waals surface area contributed by atoms with Gasteiger partial charge in [0.25, 0.3) is 0 Å². The highest BCUT2D eigenvalue weighted by atomic mass is 79.9. The summed E-state index contributed by atoms with van der Waals surface area (Å²) >= 11 is 9.62. The van der Waals surface area contributed by atoms with Crippen molar-refractivity contribution in [2.24, 2.45) is 0 Å². The number of hydrogen-bond acceptors (Lipinski definition) is 3. The summed E-state index contributed by atoms with van der Waals surface area (Å²) in [5.41, 5.74) is 0.610. The highest BCUT2D eigenvalue weighted by Gasteiger charge is 2.37. The molecule has 0 saturated heterocycles. The van der Waals surface area contributed by atoms with Gasteiger partial charge in [0.05, 0.1) is 10.2 Å². The Kier molecular flexibility index (Phi) is 4.62. The molecule has 1 aliphatic carbocycles. The Morgan fingerprint density at radius 1 is 1.28 bits per heavy atom. The number of aryl methyl sites for hydroxylation is 1. The molecule has 3 nitrogen and oxygen atoms in total. The molecule has 0 radical (unpaired) electrons. The first-order chi connectivity index (χ1) is 8.63. The van der Waals surface area contributed by atoms with Gasteiger partial charge in [0.2, 0.25) is 0 Å². The van der Waals surface area contributed by atoms with Gasteiger partial charge >= 0.3 is 0 Å². The number of hydrogen-bond donors (Lipinski definition) is 0. The normalized spacial score (nSPS) is 18.9. The summed E-state index contributed by atoms with van der Waals surface area (Å²) in [6, 6.07) is 0. The predicted molar refractivity (Wildman–Crippen MR) is 75.9 cm³/mol. The number of halogens is 2. The molecule has 18 heavy (non-hydrogen) atoms. The van der Waals surface area contributed by atoms with E-state index in [4.69, 9.17) is 16.3 Å². The molecule has 0 amide bonds. The van der Waals surface area contributed by atoms with Crippen LogP contribution in [0, 0.1) is 0 Å². The van der Waals surface area contributed by atoms with Crippen molar-refractivity contribution in [3.05, 3.63) is 21.1 Å². The van der Waals surface area contributed by atoms with E-state index in [1.807, 2.05) is 0 Å². The van der Waals surface area contributed by atoms with E-state index in [-0.39, 0.29) is 5.60 Å². The van der Waals surface area contributed by atoms with E-state index in [0.717, 1.165) is 48.1 Å². The van der Waals surface area contributed by atoms with E-state index < -0.39 is 0 Å². The summed E-state index contributed by atoms with van der Waals surface area (Å²) in [6.07, 6.45) is 6.36. The first kappa shape index (κ1) is 14.2. The van der Waals surface area contributed by atoms with E-state index in [9.17, 15) is 0 Å². The molecule has 0 aliphatic heterocycles. The maximum atomic E-state index is 6.18. The largest absolute Gasteiger partial charge is 0.370 e. The number of rotatable bonds is 3. The fraction of sp³-hybridized carbons (Fsp3) is 0.692. The highest BCUT2D eigenvalue weighted by Crippen LogP contribution is 2.39. The lowest BCUT2D eigenvalue weighted by molar-refractivity contribution is -0.0516. The lowest BCUT2D eigenvalue weighted by Gasteiger charge is -2.34. The van der Waals surface area contributed by atoms with Crippen molar-refractivity contribution < 1.29 is 4.74 Å². The van der Waals surface area contributed by atoms with Gasteiger partial charge < -0.3 is 4.74 Å². The molecule has 100 valence electrons. The molecule has 0 aromatic carbocycles. The van der Waals surface area contributed by atoms with Gasteiger partial charge in [0, 0.05) is 7.11 Å². The van der Waals surface area contributed by atoms with Crippen molar-refractivity contribution in [3.63, 3.8) is 0 Å². The molecule has 1 aliphatic rings. The van der Waals surface area contributed by atoms with Crippen LogP contribution in [0.5, 0.6) is 0 Å². The minimum absolute atomic E-state index is 0.341. The van der Waals surface area contributed by atoms with Gasteiger partial charge in [0.1, 0.15) is 10.8 Å². The molecule has 0 N–H and O–H groups in total. The second-order valence-electron chi connectivity index (χ2n) is 4.71. The van der Waals surface area contributed by atoms with Gasteiger partial charge in [-0.2, -0.15) is 0 Å². The van der Waals surface area contributed by atoms with Gasteiger partial charge in [-0.1, -0.05) is 37.8 Å². The third kappa shape index (κ3) is 2.56. The van der Waals surface area contributed by atoms with E-state index >= 15 is 0 Å². The molecule has 2 rings (SSSR count). The summed E-state index contributed by atoms with van der Waals surface area (Å²) in [5.74, 6) is 0.745. The first-order valence-corrected chi connectivity index (χ1v) is 7.57. The van der Waals surface area contributed by atoms with Crippen LogP contribution in [0.2, 0.25) is 5.15 Å². The van der Waals surface area contributed by atoms with Crippen LogP contribution in [0.25, 0.3) is 0 Å². The van der Waals surface area contributed by atoms with Crippen molar-refractivity contribution >= 4 is 27.5 Å². The number of nitrogens with zero attached hydrogens (tertiary/aromatic N) is 2. The van der Waals surface area contributed by atoms with Crippen molar-refractivity contribution in [1.29, 1.82) is 0 Å². The SMILES string of the molecule is CCc1nc(C2(OC)CCCCC2)nc(Cl)c1Br. The minimum Gasteiger partial charge on any atom is -0.370 e. The van der Waals surface area contributed by atoms with E-state index in [1.165, 1.54) is 6.42 Å². The van der Waals surface area contributed by atoms with E-state index in [1.54, 1.807) is 7.11 Å². The second kappa shape index (κ2) is 5.85. The molecule has 0 bridgehead atoms. The first-order valence-electron chi connectivity index (χ1n) is 6.40. The summed E-state index contributed by atoms with van der Waals surface area (Å²) in [7, 11) is 1.75. The number of methoxy groups -OCH3 is 1. The molecule has 1 saturated carbocycles. The van der Waals surface area contributed by atoms with Crippen molar-refractivity contribution in [1.82, 2.24) is 9.97 Å². The molecule has 0 atom stereocenters. The van der Waals surface area contributed by atoms with Gasteiger partial charge in [-0.25, -0.2) is 9.97 Å². The van der Waals surface area contributed by atoms with Gasteiger partial charge in [-0.3, -0.25) is 0 Å². The van der Waals surface area contributed by atoms with Crippen molar-refractivity contribution in [3.8, 4) is 0 Å². The summed E-state index contributed by atoms with van der Waals surface area (Å²) in [4.78, 5) is 9.08. The Labute approximate surface area is 121 Å². The standard InChI is InChI=1S/C13H18BrClN2O/c1-3-9-10(14)11(15)17-12(16-9)13(18-2)7-5-4-6-8-13/h3-8H2,1-2H3. The molecular formula is C13H18BrClN2O. The van der Waals surface area contributed by atoms with E-state index in [2.05, 4.69) is 32.8 Å². The maximum absolute atomic E-state index is 6.18. The van der Waals surface area contributed by atoms with Gasteiger partial charge in [0.15, 0.2) is 5.82 Å². The Hall–Kier alpha value is -0.190. The Morgan fingerprint density at radius 3 is 2.50 bits per heavy atom. The molecule has 0 spiro atoms. The molecule has 1 aromatic rings. The van der Waals surface area contributed by atoms with Gasteiger partial charge in [-0.05, 0) is 35.2 Å². The maximum Gasteiger partial charge on any atom is 0.162 e. The quantitative estimate of drug-likeness (QED) is 0.775. The summed E-state index contributed by atoms with van der Waals surface area (Å²) in [5, 5.41) is 0.485. The summed E-state index contributed by atoms with van der Waals surface area (Å²) in [6.45, 7) is 2.06. The zero-order chi connectivity index (χ0) is 13.2. The van der Waals surface area contributed by atoms with Crippen LogP contribution in [0.1, 0.15) is 50.5 Å². The topological polar surface area (TPSA) is 35.0 Å². The minimum atomic E-state index is -0.341.